The molecule has 10 nitrogen and oxygen atoms in total. The number of aliphatic hydroxyl groups excluding tert-OH is 3. The number of thiophene rings is 1. The van der Waals surface area contributed by atoms with Gasteiger partial charge in [-0.2, -0.15) is 0 Å². The van der Waals surface area contributed by atoms with Crippen LogP contribution in [0.15, 0.2) is 266 Å². The Hall–Kier alpha value is -8.67. The summed E-state index contributed by atoms with van der Waals surface area (Å²) in [6, 6.07) is 90.0. The van der Waals surface area contributed by atoms with Crippen molar-refractivity contribution >= 4 is 71.5 Å². The molecule has 0 fully saturated rings. The van der Waals surface area contributed by atoms with E-state index in [9.17, 15) is 14.4 Å². The van der Waals surface area contributed by atoms with E-state index >= 15 is 0 Å². The number of carbonyl (C=O) groups is 3. The largest absolute Gasteiger partial charge is 0.512 e. The third kappa shape index (κ3) is 24.6. The normalized spacial score (nSPS) is 11.3. The van der Waals surface area contributed by atoms with Crippen molar-refractivity contribution in [1.29, 1.82) is 0 Å². The molecule has 14 rings (SSSR count). The molecule has 0 atom stereocenters. The average molecular weight is 2040 g/mol. The number of hydrogen-bond donors (Lipinski definition) is 3. The first kappa shape index (κ1) is 82.8. The number of para-hydroxylation sites is 3. The van der Waals surface area contributed by atoms with E-state index in [2.05, 4.69) is 183 Å². The van der Waals surface area contributed by atoms with Crippen molar-refractivity contribution < 1.29 is 110 Å². The van der Waals surface area contributed by atoms with E-state index in [4.69, 9.17) is 25.3 Å². The minimum Gasteiger partial charge on any atom is -0.512 e. The zero-order valence-electron chi connectivity index (χ0n) is 56.3. The Balaban J connectivity index is 0.000000256. The van der Waals surface area contributed by atoms with E-state index in [-0.39, 0.29) is 120 Å². The van der Waals surface area contributed by atoms with Gasteiger partial charge in [0.15, 0.2) is 17.3 Å². The fourth-order valence-electron chi connectivity index (χ4n) is 10.4. The van der Waals surface area contributed by atoms with Gasteiger partial charge in [0.2, 0.25) is 0 Å². The number of nitrogens with zero attached hydrogens (tertiary/aromatic N) is 4. The number of aliphatic hydroxyl groups is 3. The molecule has 1 aliphatic rings. The molecule has 8 aromatic carbocycles. The van der Waals surface area contributed by atoms with Gasteiger partial charge in [-0.05, 0) is 120 Å². The summed E-state index contributed by atoms with van der Waals surface area (Å²) in [4.78, 5) is 49.6. The van der Waals surface area contributed by atoms with Gasteiger partial charge in [0.1, 0.15) is 0 Å². The summed E-state index contributed by atoms with van der Waals surface area (Å²) in [5, 5.41) is 29.8. The van der Waals surface area contributed by atoms with Gasteiger partial charge in [-0.3, -0.25) is 29.3 Å². The van der Waals surface area contributed by atoms with Gasteiger partial charge in [-0.1, -0.05) is 178 Å². The number of fused-ring (bicyclic) bond motifs is 7. The summed E-state index contributed by atoms with van der Waals surface area (Å²) in [5.74, 6) is -0.187. The zero-order valence-corrected chi connectivity index (χ0v) is 66.7. The van der Waals surface area contributed by atoms with Crippen molar-refractivity contribution in [3.63, 3.8) is 0 Å². The van der Waals surface area contributed by atoms with Crippen LogP contribution in [-0.4, -0.2) is 52.6 Å². The van der Waals surface area contributed by atoms with Crippen LogP contribution in [0.4, 0.5) is 0 Å². The maximum Gasteiger partial charge on any atom is 0.155 e. The molecule has 0 spiro atoms. The maximum absolute atomic E-state index is 10.0. The number of allylic oxidation sites excluding steroid dienone is 6. The number of aryl methyl sites for hydroxylation is 2. The first-order chi connectivity index (χ1) is 45.6. The van der Waals surface area contributed by atoms with Crippen molar-refractivity contribution in [1.82, 2.24) is 19.9 Å². The third-order valence-electron chi connectivity index (χ3n) is 14.5. The van der Waals surface area contributed by atoms with Crippen molar-refractivity contribution in [3.8, 4) is 55.5 Å². The van der Waals surface area contributed by atoms with E-state index in [1.807, 2.05) is 109 Å². The van der Waals surface area contributed by atoms with E-state index in [0.29, 0.717) is 0 Å². The molecule has 13 aromatic rings. The Kier molecular flexibility index (Phi) is 33.8. The van der Waals surface area contributed by atoms with E-state index in [1.165, 1.54) is 114 Å². The molecule has 512 valence electrons. The molecule has 5 heterocycles. The molecule has 1 aliphatic carbocycles. The standard InChI is InChI=1S/C24H18N.C17H14N.C15H10N.C13H8NS.3C5H8O2.4Ir/c1-24(2)20-9-5-4-8-18(20)19-13-11-17(15-21(19)24)23-14-12-16-7-3-6-10-22(16)25-23;1-12-9-13(2)11-15(10-12)17-8-7-14-5-3-4-6-16(14)18-17;1-2-6-12(7-3-1)15-11-10-13-8-4-5-9-14(13)16-15;1-2-7-12-10(5-1)9-13(15-12)11-6-3-4-8-14-11;3*1-4(6)3-5(2)7;;;;/h3-10,12-15H,1-2H3;3-10H,1-2H3;1-6,8-11H;1-8H;3*3,6H,1-2H3;;;;/q4*-1;;;;;;;. The fourth-order valence-corrected chi connectivity index (χ4v) is 11.4. The van der Waals surface area contributed by atoms with Gasteiger partial charge >= 0.3 is 0 Å². The topological polar surface area (TPSA) is 163 Å². The maximum atomic E-state index is 10.0. The Labute approximate surface area is 638 Å². The summed E-state index contributed by atoms with van der Waals surface area (Å²) in [7, 11) is 0. The number of benzene rings is 8. The average Bonchev–Trinajstić information content (AvgIpc) is 1.58. The number of ketones is 3. The van der Waals surface area contributed by atoms with Crippen LogP contribution in [0.1, 0.15) is 77.6 Å². The second-order valence-corrected chi connectivity index (χ2v) is 24.1. The molecule has 0 bridgehead atoms. The number of aromatic nitrogens is 4. The van der Waals surface area contributed by atoms with Gasteiger partial charge in [0.25, 0.3) is 0 Å². The number of hydrogen-bond acceptors (Lipinski definition) is 11. The molecule has 99 heavy (non-hydrogen) atoms. The van der Waals surface area contributed by atoms with Crippen molar-refractivity contribution in [3.05, 3.63) is 313 Å². The Morgan fingerprint density at radius 3 is 1.36 bits per heavy atom. The predicted molar refractivity (Wildman–Crippen MR) is 390 cm³/mol. The monoisotopic (exact) mass is 2040 g/mol. The Bertz CT molecular complexity index is 4790. The quantitative estimate of drug-likeness (QED) is 0.0795. The first-order valence-corrected chi connectivity index (χ1v) is 31.6. The Morgan fingerprint density at radius 2 is 0.899 bits per heavy atom. The molecule has 0 saturated heterocycles. The van der Waals surface area contributed by atoms with Crippen LogP contribution in [0, 0.1) is 38.1 Å². The third-order valence-corrected chi connectivity index (χ3v) is 15.6. The van der Waals surface area contributed by atoms with Crippen LogP contribution >= 0.6 is 11.3 Å². The SMILES string of the molecule is CC(=O)C=C(C)O.CC(=O)C=C(C)O.CC(=O)C=C(C)O.CC1(C)c2ccccc2-c2c[c-]c(-c3ccc4ccccc4n3)cc21.Cc1[c-]c(-c2ccc3ccccc3n2)cc(C)c1.[Ir].[Ir].[Ir].[Ir].[c-]1c(-c2ccccn2)sc2ccccc12.[c-]1ccccc1-c1ccc2ccccc2n1. The van der Waals surface area contributed by atoms with Crippen LogP contribution in [0.25, 0.3) is 98.3 Å². The molecule has 0 unspecified atom stereocenters. The second-order valence-electron chi connectivity index (χ2n) is 23.0. The van der Waals surface area contributed by atoms with Gasteiger partial charge in [0.05, 0.1) is 33.8 Å². The molecule has 15 heteroatoms. The predicted octanol–water partition coefficient (Wildman–Crippen LogP) is 20.9. The van der Waals surface area contributed by atoms with Gasteiger partial charge in [-0.15, -0.1) is 124 Å². The summed E-state index contributed by atoms with van der Waals surface area (Å²) >= 11 is 1.73. The number of carbonyl (C=O) groups excluding carboxylic acids is 3. The van der Waals surface area contributed by atoms with Crippen LogP contribution in [0.5, 0.6) is 0 Å². The molecular formula is C84H74Ir4N4O6S-4. The van der Waals surface area contributed by atoms with Crippen LogP contribution < -0.4 is 0 Å². The van der Waals surface area contributed by atoms with Crippen LogP contribution in [0.2, 0.25) is 0 Å². The molecule has 5 aromatic heterocycles. The molecule has 0 aliphatic heterocycles. The summed E-state index contributed by atoms with van der Waals surface area (Å²) in [6.07, 6.45) is 5.31. The van der Waals surface area contributed by atoms with Crippen molar-refractivity contribution in [2.75, 3.05) is 0 Å². The van der Waals surface area contributed by atoms with E-state index < -0.39 is 0 Å². The van der Waals surface area contributed by atoms with Crippen molar-refractivity contribution in [2.24, 2.45) is 0 Å². The Morgan fingerprint density at radius 1 is 0.434 bits per heavy atom. The molecule has 0 amide bonds. The molecule has 3 N–H and O–H groups in total. The fraction of sp³-hybridized carbons (Fsp3) is 0.131. The minimum atomic E-state index is -0.125. The van der Waals surface area contributed by atoms with Gasteiger partial charge in [-0.25, -0.2) is 11.3 Å². The van der Waals surface area contributed by atoms with Gasteiger partial charge in [0, 0.05) is 111 Å². The zero-order chi connectivity index (χ0) is 68.0. The summed E-state index contributed by atoms with van der Waals surface area (Å²) in [6.45, 7) is 17.3. The number of pyridine rings is 4. The molecule has 4 radical (unpaired) electrons. The second kappa shape index (κ2) is 40.4. The van der Waals surface area contributed by atoms with Crippen molar-refractivity contribution in [2.45, 2.75) is 74.7 Å². The minimum absolute atomic E-state index is 0. The molecule has 0 saturated carbocycles. The summed E-state index contributed by atoms with van der Waals surface area (Å²) < 4.78 is 1.26. The first-order valence-electron chi connectivity index (χ1n) is 30.8. The van der Waals surface area contributed by atoms with Gasteiger partial charge < -0.3 is 20.3 Å². The smallest absolute Gasteiger partial charge is 0.155 e. The van der Waals surface area contributed by atoms with Crippen LogP contribution in [0.3, 0.4) is 0 Å². The van der Waals surface area contributed by atoms with E-state index in [1.54, 1.807) is 11.3 Å². The number of rotatable bonds is 7. The van der Waals surface area contributed by atoms with Crippen LogP contribution in [-0.2, 0) is 100 Å². The molecular weight excluding hydrogens is 1960 g/mol. The van der Waals surface area contributed by atoms with E-state index in [0.717, 1.165) is 66.5 Å². The summed E-state index contributed by atoms with van der Waals surface area (Å²) in [5.41, 5.74) is 18.0.